The number of rotatable bonds is 7. The standard InChI is InChI=1S/C16H27BrN2/c1-5-9-12(3)19(4)16(15(18)6-2)13-10-7-8-11-14(13)17/h7-8,10-12,15-16H,5-6,9,18H2,1-4H3. The molecule has 3 heteroatoms. The third-order valence-corrected chi connectivity index (χ3v) is 4.66. The summed E-state index contributed by atoms with van der Waals surface area (Å²) in [5.74, 6) is 0. The highest BCUT2D eigenvalue weighted by molar-refractivity contribution is 9.10. The molecule has 2 nitrogen and oxygen atoms in total. The van der Waals surface area contributed by atoms with Gasteiger partial charge in [-0.15, -0.1) is 0 Å². The molecule has 0 fully saturated rings. The molecule has 0 spiro atoms. The summed E-state index contributed by atoms with van der Waals surface area (Å²) >= 11 is 3.67. The first-order chi connectivity index (χ1) is 9.02. The van der Waals surface area contributed by atoms with E-state index < -0.39 is 0 Å². The van der Waals surface area contributed by atoms with Gasteiger partial charge >= 0.3 is 0 Å². The van der Waals surface area contributed by atoms with Crippen molar-refractivity contribution in [2.45, 2.75) is 58.2 Å². The van der Waals surface area contributed by atoms with Crippen LogP contribution < -0.4 is 5.73 Å². The summed E-state index contributed by atoms with van der Waals surface area (Å²) in [4.78, 5) is 2.43. The van der Waals surface area contributed by atoms with Crippen LogP contribution in [0.15, 0.2) is 28.7 Å². The maximum atomic E-state index is 6.39. The number of hydrogen-bond donors (Lipinski definition) is 1. The largest absolute Gasteiger partial charge is 0.326 e. The molecule has 19 heavy (non-hydrogen) atoms. The second kappa shape index (κ2) is 8.03. The average Bonchev–Trinajstić information content (AvgIpc) is 2.41. The monoisotopic (exact) mass is 326 g/mol. The van der Waals surface area contributed by atoms with Crippen LogP contribution in [0, 0.1) is 0 Å². The summed E-state index contributed by atoms with van der Waals surface area (Å²) in [5.41, 5.74) is 7.68. The predicted molar refractivity (Wildman–Crippen MR) is 87.3 cm³/mol. The first-order valence-corrected chi connectivity index (χ1v) is 8.04. The Labute approximate surface area is 126 Å². The van der Waals surface area contributed by atoms with E-state index in [-0.39, 0.29) is 12.1 Å². The summed E-state index contributed by atoms with van der Waals surface area (Å²) in [6.07, 6.45) is 3.39. The fraction of sp³-hybridized carbons (Fsp3) is 0.625. The molecule has 3 atom stereocenters. The second-order valence-corrected chi connectivity index (χ2v) is 6.20. The Kier molecular flexibility index (Phi) is 7.05. The molecule has 3 unspecified atom stereocenters. The van der Waals surface area contributed by atoms with Crippen LogP contribution in [0.5, 0.6) is 0 Å². The van der Waals surface area contributed by atoms with Crippen molar-refractivity contribution in [1.29, 1.82) is 0 Å². The molecule has 0 heterocycles. The Bertz CT molecular complexity index is 381. The molecule has 0 aromatic heterocycles. The summed E-state index contributed by atoms with van der Waals surface area (Å²) < 4.78 is 1.15. The Morgan fingerprint density at radius 3 is 2.42 bits per heavy atom. The van der Waals surface area contributed by atoms with E-state index in [2.05, 4.69) is 72.9 Å². The molecule has 1 rings (SSSR count). The van der Waals surface area contributed by atoms with Crippen LogP contribution in [0.1, 0.15) is 51.6 Å². The Balaban J connectivity index is 3.05. The Morgan fingerprint density at radius 2 is 1.89 bits per heavy atom. The lowest BCUT2D eigenvalue weighted by atomic mass is 9.95. The van der Waals surface area contributed by atoms with Gasteiger partial charge in [0, 0.05) is 16.6 Å². The van der Waals surface area contributed by atoms with Crippen LogP contribution >= 0.6 is 15.9 Å². The van der Waals surface area contributed by atoms with Gasteiger partial charge < -0.3 is 5.73 Å². The van der Waals surface area contributed by atoms with Crippen molar-refractivity contribution in [2.24, 2.45) is 5.73 Å². The number of likely N-dealkylation sites (N-methyl/N-ethyl adjacent to an activating group) is 1. The van der Waals surface area contributed by atoms with E-state index in [1.807, 2.05) is 0 Å². The minimum atomic E-state index is 0.156. The van der Waals surface area contributed by atoms with Crippen molar-refractivity contribution in [3.8, 4) is 0 Å². The average molecular weight is 327 g/mol. The van der Waals surface area contributed by atoms with E-state index in [0.29, 0.717) is 6.04 Å². The third-order valence-electron chi connectivity index (χ3n) is 3.94. The number of nitrogens with zero attached hydrogens (tertiary/aromatic N) is 1. The van der Waals surface area contributed by atoms with E-state index in [0.717, 1.165) is 10.9 Å². The molecule has 1 aromatic carbocycles. The molecule has 0 bridgehead atoms. The van der Waals surface area contributed by atoms with Crippen molar-refractivity contribution < 1.29 is 0 Å². The highest BCUT2D eigenvalue weighted by Gasteiger charge is 2.27. The fourth-order valence-electron chi connectivity index (χ4n) is 2.59. The summed E-state index contributed by atoms with van der Waals surface area (Å²) in [7, 11) is 2.19. The van der Waals surface area contributed by atoms with E-state index in [9.17, 15) is 0 Å². The van der Waals surface area contributed by atoms with Crippen LogP contribution in [-0.2, 0) is 0 Å². The van der Waals surface area contributed by atoms with Crippen LogP contribution in [0.3, 0.4) is 0 Å². The Hall–Kier alpha value is -0.380. The van der Waals surface area contributed by atoms with E-state index in [1.54, 1.807) is 0 Å². The van der Waals surface area contributed by atoms with Gasteiger partial charge in [0.25, 0.3) is 0 Å². The quantitative estimate of drug-likeness (QED) is 0.807. The van der Waals surface area contributed by atoms with Crippen LogP contribution in [0.25, 0.3) is 0 Å². The minimum absolute atomic E-state index is 0.156. The van der Waals surface area contributed by atoms with Crippen molar-refractivity contribution in [1.82, 2.24) is 4.90 Å². The molecule has 0 saturated heterocycles. The van der Waals surface area contributed by atoms with Crippen LogP contribution in [0.4, 0.5) is 0 Å². The van der Waals surface area contributed by atoms with Crippen molar-refractivity contribution >= 4 is 15.9 Å². The lowest BCUT2D eigenvalue weighted by molar-refractivity contribution is 0.150. The molecular formula is C16H27BrN2. The maximum Gasteiger partial charge on any atom is 0.0509 e. The van der Waals surface area contributed by atoms with Crippen molar-refractivity contribution in [3.63, 3.8) is 0 Å². The maximum absolute atomic E-state index is 6.39. The highest BCUT2D eigenvalue weighted by atomic mass is 79.9. The molecule has 0 aliphatic heterocycles. The smallest absolute Gasteiger partial charge is 0.0509 e. The zero-order chi connectivity index (χ0) is 14.4. The van der Waals surface area contributed by atoms with Gasteiger partial charge in [-0.2, -0.15) is 0 Å². The molecule has 0 aliphatic carbocycles. The lowest BCUT2D eigenvalue weighted by Crippen LogP contribution is -2.43. The molecule has 108 valence electrons. The second-order valence-electron chi connectivity index (χ2n) is 5.34. The zero-order valence-corrected chi connectivity index (χ0v) is 14.2. The van der Waals surface area contributed by atoms with Gasteiger partial charge in [0.15, 0.2) is 0 Å². The third kappa shape index (κ3) is 4.30. The minimum Gasteiger partial charge on any atom is -0.326 e. The number of nitrogens with two attached hydrogens (primary N) is 1. The predicted octanol–water partition coefficient (Wildman–Crippen LogP) is 4.35. The zero-order valence-electron chi connectivity index (χ0n) is 12.6. The van der Waals surface area contributed by atoms with E-state index in [4.69, 9.17) is 5.73 Å². The lowest BCUT2D eigenvalue weighted by Gasteiger charge is -2.37. The van der Waals surface area contributed by atoms with Gasteiger partial charge in [0.05, 0.1) is 6.04 Å². The first-order valence-electron chi connectivity index (χ1n) is 7.24. The van der Waals surface area contributed by atoms with Gasteiger partial charge in [0.2, 0.25) is 0 Å². The van der Waals surface area contributed by atoms with Crippen molar-refractivity contribution in [3.05, 3.63) is 34.3 Å². The molecule has 0 saturated carbocycles. The number of hydrogen-bond acceptors (Lipinski definition) is 2. The molecule has 0 aliphatic rings. The fourth-order valence-corrected chi connectivity index (χ4v) is 3.11. The molecular weight excluding hydrogens is 300 g/mol. The van der Waals surface area contributed by atoms with Gasteiger partial charge in [-0.25, -0.2) is 0 Å². The summed E-state index contributed by atoms with van der Waals surface area (Å²) in [6.45, 7) is 6.68. The number of halogens is 1. The van der Waals surface area contributed by atoms with Gasteiger partial charge in [-0.05, 0) is 38.4 Å². The molecule has 0 amide bonds. The van der Waals surface area contributed by atoms with Gasteiger partial charge in [-0.1, -0.05) is 54.4 Å². The van der Waals surface area contributed by atoms with E-state index in [1.165, 1.54) is 18.4 Å². The number of benzene rings is 1. The summed E-state index contributed by atoms with van der Waals surface area (Å²) in [6, 6.07) is 9.39. The van der Waals surface area contributed by atoms with Crippen LogP contribution in [0.2, 0.25) is 0 Å². The van der Waals surface area contributed by atoms with Gasteiger partial charge in [0.1, 0.15) is 0 Å². The SMILES string of the molecule is CCCC(C)N(C)C(c1ccccc1Br)C(N)CC. The first kappa shape index (κ1) is 16.7. The summed E-state index contributed by atoms with van der Waals surface area (Å²) in [5, 5.41) is 0. The molecule has 2 N–H and O–H groups in total. The van der Waals surface area contributed by atoms with E-state index >= 15 is 0 Å². The van der Waals surface area contributed by atoms with Crippen LogP contribution in [-0.4, -0.2) is 24.0 Å². The van der Waals surface area contributed by atoms with Gasteiger partial charge in [-0.3, -0.25) is 4.90 Å². The highest BCUT2D eigenvalue weighted by Crippen LogP contribution is 2.31. The molecule has 1 aromatic rings. The Morgan fingerprint density at radius 1 is 1.26 bits per heavy atom. The molecule has 0 radical (unpaired) electrons. The topological polar surface area (TPSA) is 29.3 Å². The normalized spacial score (nSPS) is 16.4. The van der Waals surface area contributed by atoms with Crippen molar-refractivity contribution in [2.75, 3.05) is 7.05 Å².